The topological polar surface area (TPSA) is 29.3 Å². The van der Waals surface area contributed by atoms with Gasteiger partial charge in [-0.25, -0.2) is 0 Å². The summed E-state index contributed by atoms with van der Waals surface area (Å²) in [5.41, 5.74) is 11.6. The Morgan fingerprint density at radius 2 is 1.47 bits per heavy atom. The quantitative estimate of drug-likeness (QED) is 0.811. The van der Waals surface area contributed by atoms with E-state index in [1.54, 1.807) is 0 Å². The second kappa shape index (κ2) is 7.66. The molecule has 1 aromatic rings. The molecular formula is C17H30N2. The van der Waals surface area contributed by atoms with Crippen LogP contribution in [0.5, 0.6) is 0 Å². The van der Waals surface area contributed by atoms with Crippen molar-refractivity contribution in [2.75, 3.05) is 19.6 Å². The molecule has 0 heterocycles. The van der Waals surface area contributed by atoms with Crippen LogP contribution in [0.1, 0.15) is 55.0 Å². The molecule has 0 amide bonds. The second-order valence-corrected chi connectivity index (χ2v) is 5.60. The first-order valence-electron chi connectivity index (χ1n) is 7.56. The molecule has 0 aliphatic heterocycles. The molecule has 0 bridgehead atoms. The van der Waals surface area contributed by atoms with Gasteiger partial charge in [-0.3, -0.25) is 4.90 Å². The molecule has 1 aromatic carbocycles. The van der Waals surface area contributed by atoms with Crippen molar-refractivity contribution in [3.8, 4) is 0 Å². The van der Waals surface area contributed by atoms with Crippen LogP contribution in [0.2, 0.25) is 0 Å². The smallest absolute Gasteiger partial charge is 0.0475 e. The van der Waals surface area contributed by atoms with Gasteiger partial charge in [0.15, 0.2) is 0 Å². The molecule has 0 radical (unpaired) electrons. The van der Waals surface area contributed by atoms with Crippen LogP contribution in [0.25, 0.3) is 0 Å². The van der Waals surface area contributed by atoms with E-state index in [1.807, 2.05) is 0 Å². The Hall–Kier alpha value is -0.860. The van der Waals surface area contributed by atoms with Crippen molar-refractivity contribution < 1.29 is 0 Å². The molecule has 19 heavy (non-hydrogen) atoms. The Morgan fingerprint density at radius 1 is 1.00 bits per heavy atom. The standard InChI is InChI=1S/C17H30N2/c1-6-8-19(9-7-2)16(12-18)17-14(4)10-13(3)11-15(17)5/h10-11,16H,6-9,12,18H2,1-5H3. The zero-order valence-electron chi connectivity index (χ0n) is 13.3. The Labute approximate surface area is 119 Å². The Morgan fingerprint density at radius 3 is 1.84 bits per heavy atom. The normalized spacial score (nSPS) is 13.0. The monoisotopic (exact) mass is 262 g/mol. The lowest BCUT2D eigenvalue weighted by molar-refractivity contribution is 0.201. The Bertz CT molecular complexity index is 369. The average molecular weight is 262 g/mol. The summed E-state index contributed by atoms with van der Waals surface area (Å²) in [6, 6.07) is 4.92. The molecule has 0 spiro atoms. The predicted octanol–water partition coefficient (Wildman–Crippen LogP) is 3.73. The molecule has 0 saturated heterocycles. The van der Waals surface area contributed by atoms with Gasteiger partial charge >= 0.3 is 0 Å². The molecule has 0 aromatic heterocycles. The number of hydrogen-bond donors (Lipinski definition) is 1. The largest absolute Gasteiger partial charge is 0.329 e. The number of rotatable bonds is 7. The van der Waals surface area contributed by atoms with Gasteiger partial charge in [0.1, 0.15) is 0 Å². The highest BCUT2D eigenvalue weighted by molar-refractivity contribution is 5.40. The fourth-order valence-corrected chi connectivity index (χ4v) is 3.16. The molecule has 1 unspecified atom stereocenters. The number of nitrogens with zero attached hydrogens (tertiary/aromatic N) is 1. The van der Waals surface area contributed by atoms with Crippen LogP contribution in [0.3, 0.4) is 0 Å². The highest BCUT2D eigenvalue weighted by Gasteiger charge is 2.21. The number of benzene rings is 1. The third-order valence-electron chi connectivity index (χ3n) is 3.76. The molecule has 0 saturated carbocycles. The van der Waals surface area contributed by atoms with Gasteiger partial charge in [0.05, 0.1) is 0 Å². The highest BCUT2D eigenvalue weighted by Crippen LogP contribution is 2.28. The van der Waals surface area contributed by atoms with Gasteiger partial charge in [-0.05, 0) is 63.4 Å². The van der Waals surface area contributed by atoms with Gasteiger partial charge in [-0.15, -0.1) is 0 Å². The van der Waals surface area contributed by atoms with Crippen LogP contribution in [-0.4, -0.2) is 24.5 Å². The minimum atomic E-state index is 0.362. The zero-order valence-corrected chi connectivity index (χ0v) is 13.3. The third-order valence-corrected chi connectivity index (χ3v) is 3.76. The summed E-state index contributed by atoms with van der Waals surface area (Å²) in [4.78, 5) is 2.55. The van der Waals surface area contributed by atoms with Crippen molar-refractivity contribution >= 4 is 0 Å². The van der Waals surface area contributed by atoms with E-state index in [1.165, 1.54) is 35.1 Å². The van der Waals surface area contributed by atoms with E-state index in [0.717, 1.165) is 13.1 Å². The molecule has 1 rings (SSSR count). The van der Waals surface area contributed by atoms with Crippen molar-refractivity contribution in [1.82, 2.24) is 4.90 Å². The maximum Gasteiger partial charge on any atom is 0.0475 e. The summed E-state index contributed by atoms with van der Waals surface area (Å²) in [6.07, 6.45) is 2.36. The van der Waals surface area contributed by atoms with E-state index >= 15 is 0 Å². The molecule has 0 aliphatic rings. The van der Waals surface area contributed by atoms with Crippen LogP contribution >= 0.6 is 0 Å². The molecule has 0 fully saturated rings. The van der Waals surface area contributed by atoms with Gasteiger partial charge in [0.2, 0.25) is 0 Å². The van der Waals surface area contributed by atoms with E-state index < -0.39 is 0 Å². The molecule has 2 N–H and O–H groups in total. The SMILES string of the molecule is CCCN(CCC)C(CN)c1c(C)cc(C)cc1C. The van der Waals surface area contributed by atoms with Crippen LogP contribution in [-0.2, 0) is 0 Å². The lowest BCUT2D eigenvalue weighted by atomic mass is 9.93. The summed E-state index contributed by atoms with van der Waals surface area (Å²) in [6.45, 7) is 14.0. The van der Waals surface area contributed by atoms with Gasteiger partial charge < -0.3 is 5.73 Å². The fraction of sp³-hybridized carbons (Fsp3) is 0.647. The predicted molar refractivity (Wildman–Crippen MR) is 84.6 cm³/mol. The lowest BCUT2D eigenvalue weighted by Gasteiger charge is -2.33. The van der Waals surface area contributed by atoms with E-state index in [4.69, 9.17) is 5.73 Å². The van der Waals surface area contributed by atoms with Gasteiger partial charge in [0, 0.05) is 12.6 Å². The summed E-state index contributed by atoms with van der Waals surface area (Å²) in [5.74, 6) is 0. The molecule has 108 valence electrons. The van der Waals surface area contributed by atoms with E-state index in [-0.39, 0.29) is 0 Å². The Balaban J connectivity index is 3.14. The first-order valence-corrected chi connectivity index (χ1v) is 7.56. The molecule has 1 atom stereocenters. The summed E-state index contributed by atoms with van der Waals surface area (Å²) >= 11 is 0. The molecule has 2 nitrogen and oxygen atoms in total. The van der Waals surface area contributed by atoms with Crippen LogP contribution in [0, 0.1) is 20.8 Å². The van der Waals surface area contributed by atoms with Crippen molar-refractivity contribution in [3.05, 3.63) is 34.4 Å². The summed E-state index contributed by atoms with van der Waals surface area (Å²) < 4.78 is 0. The van der Waals surface area contributed by atoms with Crippen LogP contribution < -0.4 is 5.73 Å². The number of nitrogens with two attached hydrogens (primary N) is 1. The summed E-state index contributed by atoms with van der Waals surface area (Å²) in [5, 5.41) is 0. The van der Waals surface area contributed by atoms with Crippen LogP contribution in [0.15, 0.2) is 12.1 Å². The van der Waals surface area contributed by atoms with Crippen molar-refractivity contribution in [3.63, 3.8) is 0 Å². The van der Waals surface area contributed by atoms with E-state index in [9.17, 15) is 0 Å². The van der Waals surface area contributed by atoms with Gasteiger partial charge in [0.25, 0.3) is 0 Å². The summed E-state index contributed by atoms with van der Waals surface area (Å²) in [7, 11) is 0. The minimum Gasteiger partial charge on any atom is -0.329 e. The second-order valence-electron chi connectivity index (χ2n) is 5.60. The first kappa shape index (κ1) is 16.2. The first-order chi connectivity index (χ1) is 9.04. The van der Waals surface area contributed by atoms with Crippen molar-refractivity contribution in [2.24, 2.45) is 5.73 Å². The van der Waals surface area contributed by atoms with Gasteiger partial charge in [-0.1, -0.05) is 31.5 Å². The van der Waals surface area contributed by atoms with E-state index in [0.29, 0.717) is 12.6 Å². The number of aryl methyl sites for hydroxylation is 3. The lowest BCUT2D eigenvalue weighted by Crippen LogP contribution is -2.36. The molecular weight excluding hydrogens is 232 g/mol. The third kappa shape index (κ3) is 4.05. The molecule has 0 aliphatic carbocycles. The minimum absolute atomic E-state index is 0.362. The zero-order chi connectivity index (χ0) is 14.4. The fourth-order valence-electron chi connectivity index (χ4n) is 3.16. The average Bonchev–Trinajstić information content (AvgIpc) is 2.33. The maximum absolute atomic E-state index is 6.10. The van der Waals surface area contributed by atoms with Crippen molar-refractivity contribution in [2.45, 2.75) is 53.5 Å². The maximum atomic E-state index is 6.10. The van der Waals surface area contributed by atoms with Crippen LogP contribution in [0.4, 0.5) is 0 Å². The highest BCUT2D eigenvalue weighted by atomic mass is 15.2. The number of hydrogen-bond acceptors (Lipinski definition) is 2. The van der Waals surface area contributed by atoms with Crippen molar-refractivity contribution in [1.29, 1.82) is 0 Å². The van der Waals surface area contributed by atoms with Gasteiger partial charge in [-0.2, -0.15) is 0 Å². The van der Waals surface area contributed by atoms with E-state index in [2.05, 4.69) is 51.7 Å². The Kier molecular flexibility index (Phi) is 6.53. The molecule has 2 heteroatoms.